The van der Waals surface area contributed by atoms with Crippen molar-refractivity contribution in [2.45, 2.75) is 86.4 Å². The molecule has 8 saturated heterocycles. The van der Waals surface area contributed by atoms with Gasteiger partial charge in [-0.05, 0) is 82.0 Å². The van der Waals surface area contributed by atoms with Crippen molar-refractivity contribution in [1.29, 1.82) is 0 Å². The Balaban J connectivity index is 1.29. The molecular formula is C38H35FN6O8S5. The normalized spacial score (nSPS) is 40.0. The highest BCUT2D eigenvalue weighted by Gasteiger charge is 2.94. The summed E-state index contributed by atoms with van der Waals surface area (Å²) in [5.41, 5.74) is -2.05. The summed E-state index contributed by atoms with van der Waals surface area (Å²) in [6, 6.07) is 18.2. The van der Waals surface area contributed by atoms with Crippen molar-refractivity contribution in [2.75, 3.05) is 24.7 Å². The predicted molar refractivity (Wildman–Crippen MR) is 217 cm³/mol. The number of amides is 4. The zero-order valence-electron chi connectivity index (χ0n) is 31.2. The molecular weight excluding hydrogens is 848 g/mol. The van der Waals surface area contributed by atoms with Crippen LogP contribution in [-0.4, -0.2) is 115 Å². The summed E-state index contributed by atoms with van der Waals surface area (Å²) in [6.07, 6.45) is -5.72. The number of hydrogen-bond donors (Lipinski definition) is 3. The molecule has 10 heterocycles. The Bertz CT molecular complexity index is 2560. The largest absolute Gasteiger partial charge is 0.388 e. The molecule has 3 aromatic carbocycles. The molecule has 2 spiro atoms. The Labute approximate surface area is 348 Å². The maximum Gasteiger partial charge on any atom is 0.297 e. The van der Waals surface area contributed by atoms with Crippen molar-refractivity contribution in [1.82, 2.24) is 19.6 Å². The predicted octanol–water partition coefficient (Wildman–Crippen LogP) is 3.66. The van der Waals surface area contributed by atoms with E-state index in [0.29, 0.717) is 22.5 Å². The minimum absolute atomic E-state index is 0.213. The smallest absolute Gasteiger partial charge is 0.297 e. The van der Waals surface area contributed by atoms with Gasteiger partial charge in [-0.1, -0.05) is 71.8 Å². The quantitative estimate of drug-likeness (QED) is 0.242. The molecule has 20 heteroatoms. The molecule has 4 bridgehead atoms. The van der Waals surface area contributed by atoms with Gasteiger partial charge in [0, 0.05) is 25.5 Å². The van der Waals surface area contributed by atoms with Crippen molar-refractivity contribution in [3.63, 3.8) is 0 Å². The molecule has 10 atom stereocenters. The topological polar surface area (TPSA) is 169 Å². The van der Waals surface area contributed by atoms with Gasteiger partial charge >= 0.3 is 0 Å². The number of halogens is 1. The number of aliphatic hydroxyl groups is 1. The summed E-state index contributed by atoms with van der Waals surface area (Å²) in [5, 5.41) is 20.9. The van der Waals surface area contributed by atoms with E-state index in [1.165, 1.54) is 37.4 Å². The first-order valence-electron chi connectivity index (χ1n) is 18.7. The zero-order valence-corrected chi connectivity index (χ0v) is 35.2. The molecule has 0 unspecified atom stereocenters. The number of benzene rings is 3. The highest BCUT2D eigenvalue weighted by Crippen LogP contribution is 2.79. The standard InChI is InChI=1S/C38H35FN6O8S5/c1-5-33-29(47)44-27-35(21-11-7-9-13-23(21)40-27,25(46)37(44,56-54-33)31(49)42(33)3)36-22-12-8-10-14-24(22)41-28(36)45-30(48)34(6-2)43(4)32(50)38(45,57-55-34)26(36)53-58(51,52)20-17-15-19(39)16-18-20/h7-18,25-28,40-41,46H,5-6H2,1-4H3/t25-,26-,27+,28+,33-,34-,35+,36+,37-,38-/m0/s1. The fourth-order valence-corrected chi connectivity index (χ4v) is 20.5. The van der Waals surface area contributed by atoms with E-state index in [0.717, 1.165) is 56.6 Å². The molecule has 8 fully saturated rings. The number of carbonyl (C=O) groups is 4. The van der Waals surface area contributed by atoms with Crippen LogP contribution in [0.1, 0.15) is 37.8 Å². The first-order chi connectivity index (χ1) is 27.6. The van der Waals surface area contributed by atoms with E-state index in [1.54, 1.807) is 62.5 Å². The highest BCUT2D eigenvalue weighted by atomic mass is 33.1. The Morgan fingerprint density at radius 1 is 0.690 bits per heavy atom. The number of nitrogens with one attached hydrogen (secondary N) is 2. The van der Waals surface area contributed by atoms with Gasteiger partial charge in [-0.3, -0.25) is 33.2 Å². The molecule has 58 heavy (non-hydrogen) atoms. The van der Waals surface area contributed by atoms with Crippen LogP contribution in [0.25, 0.3) is 0 Å². The van der Waals surface area contributed by atoms with E-state index >= 15 is 19.2 Å². The molecule has 3 N–H and O–H groups in total. The second kappa shape index (κ2) is 11.4. The number of piperazine rings is 2. The number of aliphatic hydroxyl groups excluding tert-OH is 1. The molecule has 14 nitrogen and oxygen atoms in total. The fraction of sp³-hybridized carbons (Fsp3) is 0.421. The summed E-state index contributed by atoms with van der Waals surface area (Å²) in [5.74, 6) is -2.69. The van der Waals surface area contributed by atoms with E-state index in [4.69, 9.17) is 4.18 Å². The van der Waals surface area contributed by atoms with E-state index in [-0.39, 0.29) is 12.8 Å². The van der Waals surface area contributed by atoms with Gasteiger partial charge in [-0.15, -0.1) is 0 Å². The number of hydrogen-bond acceptors (Lipinski definition) is 14. The lowest BCUT2D eigenvalue weighted by Gasteiger charge is -2.59. The van der Waals surface area contributed by atoms with Crippen LogP contribution >= 0.6 is 43.2 Å². The van der Waals surface area contributed by atoms with Crippen molar-refractivity contribution >= 4 is 88.3 Å². The van der Waals surface area contributed by atoms with Crippen LogP contribution in [-0.2, 0) is 44.3 Å². The summed E-state index contributed by atoms with van der Waals surface area (Å²) < 4.78 is 50.7. The maximum absolute atomic E-state index is 15.5. The Morgan fingerprint density at radius 2 is 1.16 bits per heavy atom. The van der Waals surface area contributed by atoms with Gasteiger partial charge in [-0.25, -0.2) is 4.39 Å². The third-order valence-corrected chi connectivity index (χ3v) is 22.8. The van der Waals surface area contributed by atoms with E-state index < -0.39 is 99.3 Å². The summed E-state index contributed by atoms with van der Waals surface area (Å²) in [7, 11) is 2.62. The molecule has 3 aromatic rings. The van der Waals surface area contributed by atoms with Gasteiger partial charge in [0.05, 0.1) is 15.7 Å². The number of likely N-dealkylation sites (N-methyl/N-ethyl adjacent to an activating group) is 2. The molecule has 13 rings (SSSR count). The molecule has 10 aliphatic heterocycles. The molecule has 302 valence electrons. The lowest BCUT2D eigenvalue weighted by molar-refractivity contribution is -0.167. The average molecular weight is 883 g/mol. The lowest BCUT2D eigenvalue weighted by atomic mass is 9.52. The third kappa shape index (κ3) is 3.58. The SMILES string of the molecule is CC[C@@]12SS[C@]3(C(=O)N1C)[C@@H](O)[C@]1([C@@]45c6ccccc6N[C@@H]4N4C(=O)[C@]6(CC)SS[C@]4(C(=O)N6C)[C@H]5OS(=O)(=O)c4ccc(F)cc4)c4ccccc4N[C@@H]1N3C2=O. The van der Waals surface area contributed by atoms with Gasteiger partial charge in [0.2, 0.25) is 9.74 Å². The van der Waals surface area contributed by atoms with Crippen LogP contribution in [0.5, 0.6) is 0 Å². The Kier molecular flexibility index (Phi) is 7.32. The molecule has 0 aromatic heterocycles. The maximum atomic E-state index is 15.5. The van der Waals surface area contributed by atoms with Crippen molar-refractivity contribution < 1.29 is 41.3 Å². The number of para-hydroxylation sites is 2. The van der Waals surface area contributed by atoms with Crippen LogP contribution in [0.3, 0.4) is 0 Å². The van der Waals surface area contributed by atoms with Crippen molar-refractivity contribution in [3.05, 3.63) is 89.7 Å². The zero-order chi connectivity index (χ0) is 40.7. The van der Waals surface area contributed by atoms with E-state index in [2.05, 4.69) is 10.6 Å². The average Bonchev–Trinajstić information content (AvgIpc) is 3.88. The number of rotatable bonds is 6. The minimum atomic E-state index is -4.93. The monoisotopic (exact) mass is 882 g/mol. The van der Waals surface area contributed by atoms with Crippen LogP contribution in [0, 0.1) is 5.82 Å². The minimum Gasteiger partial charge on any atom is -0.388 e. The second-order valence-electron chi connectivity index (χ2n) is 15.8. The van der Waals surface area contributed by atoms with Gasteiger partial charge in [-0.2, -0.15) is 8.42 Å². The van der Waals surface area contributed by atoms with E-state index in [9.17, 15) is 17.9 Å². The third-order valence-electron chi connectivity index (χ3n) is 14.0. The number of anilines is 2. The molecule has 4 amide bonds. The summed E-state index contributed by atoms with van der Waals surface area (Å²) in [6.45, 7) is 3.62. The van der Waals surface area contributed by atoms with Crippen molar-refractivity contribution in [2.24, 2.45) is 0 Å². The van der Waals surface area contributed by atoms with Crippen LogP contribution < -0.4 is 10.6 Å². The summed E-state index contributed by atoms with van der Waals surface area (Å²) >= 11 is 0. The second-order valence-corrected chi connectivity index (χ2v) is 22.6. The Hall–Kier alpha value is -3.66. The first-order valence-corrected chi connectivity index (χ1v) is 24.4. The van der Waals surface area contributed by atoms with Crippen LogP contribution in [0.15, 0.2) is 77.7 Å². The molecule has 0 saturated carbocycles. The van der Waals surface area contributed by atoms with Gasteiger partial charge in [0.15, 0.2) is 9.74 Å². The number of carbonyl (C=O) groups excluding carboxylic acids is 4. The fourth-order valence-electron chi connectivity index (χ4n) is 11.4. The van der Waals surface area contributed by atoms with E-state index in [1.807, 2.05) is 6.92 Å². The van der Waals surface area contributed by atoms with Gasteiger partial charge < -0.3 is 25.5 Å². The summed E-state index contributed by atoms with van der Waals surface area (Å²) in [4.78, 5) is 59.7. The van der Waals surface area contributed by atoms with Crippen LogP contribution in [0.4, 0.5) is 15.8 Å². The van der Waals surface area contributed by atoms with Crippen molar-refractivity contribution in [3.8, 4) is 0 Å². The first kappa shape index (κ1) is 37.3. The highest BCUT2D eigenvalue weighted by molar-refractivity contribution is 8.78. The lowest BCUT2D eigenvalue weighted by Crippen LogP contribution is -2.78. The van der Waals surface area contributed by atoms with Gasteiger partial charge in [0.25, 0.3) is 33.7 Å². The molecule has 10 aliphatic rings. The number of fused-ring (bicyclic) bond motifs is 11. The van der Waals surface area contributed by atoms with Gasteiger partial charge in [0.1, 0.15) is 30.4 Å². The molecule has 0 aliphatic carbocycles. The number of nitrogens with zero attached hydrogens (tertiary/aromatic N) is 4. The Morgan fingerprint density at radius 3 is 1.71 bits per heavy atom. The molecule has 0 radical (unpaired) electrons. The van der Waals surface area contributed by atoms with Crippen LogP contribution in [0.2, 0.25) is 0 Å².